The van der Waals surface area contributed by atoms with Gasteiger partial charge in [-0.3, -0.25) is 5.43 Å². The number of rotatable bonds is 5. The SMILES string of the molecule is COc1ccc(O)c(C=NNc2nc(-c3ccccc3)cs2)c1. The van der Waals surface area contributed by atoms with E-state index in [4.69, 9.17) is 4.74 Å². The van der Waals surface area contributed by atoms with Gasteiger partial charge >= 0.3 is 0 Å². The molecule has 0 saturated carbocycles. The van der Waals surface area contributed by atoms with E-state index in [0.717, 1.165) is 11.3 Å². The third-order valence-corrected chi connectivity index (χ3v) is 3.92. The molecule has 0 unspecified atom stereocenters. The van der Waals surface area contributed by atoms with Crippen LogP contribution in [0.25, 0.3) is 11.3 Å². The van der Waals surface area contributed by atoms with Crippen LogP contribution in [0.2, 0.25) is 0 Å². The third-order valence-electron chi connectivity index (χ3n) is 3.17. The van der Waals surface area contributed by atoms with Gasteiger partial charge in [-0.05, 0) is 18.2 Å². The van der Waals surface area contributed by atoms with Crippen LogP contribution >= 0.6 is 11.3 Å². The highest BCUT2D eigenvalue weighted by Gasteiger charge is 2.03. The van der Waals surface area contributed by atoms with Crippen molar-refractivity contribution in [3.05, 3.63) is 59.5 Å². The van der Waals surface area contributed by atoms with Crippen LogP contribution in [0.3, 0.4) is 0 Å². The van der Waals surface area contributed by atoms with E-state index in [9.17, 15) is 5.11 Å². The second kappa shape index (κ2) is 6.93. The zero-order valence-electron chi connectivity index (χ0n) is 12.4. The Morgan fingerprint density at radius 3 is 2.83 bits per heavy atom. The molecule has 3 aromatic rings. The maximum atomic E-state index is 9.79. The van der Waals surface area contributed by atoms with Crippen LogP contribution in [0, 0.1) is 0 Å². The van der Waals surface area contributed by atoms with Crippen LogP contribution in [0.1, 0.15) is 5.56 Å². The number of nitrogens with zero attached hydrogens (tertiary/aromatic N) is 2. The summed E-state index contributed by atoms with van der Waals surface area (Å²) in [6.45, 7) is 0. The lowest BCUT2D eigenvalue weighted by atomic mass is 10.2. The van der Waals surface area contributed by atoms with Crippen molar-refractivity contribution in [1.29, 1.82) is 0 Å². The molecule has 0 saturated heterocycles. The molecule has 1 heterocycles. The Kier molecular flexibility index (Phi) is 4.54. The Balaban J connectivity index is 1.70. The lowest BCUT2D eigenvalue weighted by molar-refractivity contribution is 0.412. The lowest BCUT2D eigenvalue weighted by Gasteiger charge is -2.02. The molecule has 0 amide bonds. The Morgan fingerprint density at radius 2 is 2.04 bits per heavy atom. The summed E-state index contributed by atoms with van der Waals surface area (Å²) >= 11 is 1.47. The van der Waals surface area contributed by atoms with E-state index in [-0.39, 0.29) is 5.75 Å². The second-order valence-corrected chi connectivity index (χ2v) is 5.56. The molecule has 1 aromatic heterocycles. The van der Waals surface area contributed by atoms with Gasteiger partial charge in [0.1, 0.15) is 11.5 Å². The van der Waals surface area contributed by atoms with Gasteiger partial charge in [0.15, 0.2) is 0 Å². The molecular formula is C17H15N3O2S. The van der Waals surface area contributed by atoms with Gasteiger partial charge in [0.2, 0.25) is 5.13 Å². The van der Waals surface area contributed by atoms with Crippen molar-refractivity contribution in [3.63, 3.8) is 0 Å². The van der Waals surface area contributed by atoms with Gasteiger partial charge < -0.3 is 9.84 Å². The number of ether oxygens (including phenoxy) is 1. The van der Waals surface area contributed by atoms with Crippen molar-refractivity contribution in [2.45, 2.75) is 0 Å². The first-order chi connectivity index (χ1) is 11.3. The van der Waals surface area contributed by atoms with Crippen LogP contribution in [-0.4, -0.2) is 23.4 Å². The molecule has 6 heteroatoms. The number of benzene rings is 2. The van der Waals surface area contributed by atoms with Gasteiger partial charge in [-0.2, -0.15) is 5.10 Å². The van der Waals surface area contributed by atoms with Crippen LogP contribution in [0.15, 0.2) is 59.0 Å². The summed E-state index contributed by atoms with van der Waals surface area (Å²) in [5, 5.41) is 16.6. The van der Waals surface area contributed by atoms with E-state index < -0.39 is 0 Å². The molecule has 2 N–H and O–H groups in total. The van der Waals surface area contributed by atoms with Gasteiger partial charge in [0.05, 0.1) is 19.0 Å². The Bertz CT molecular complexity index is 816. The normalized spacial score (nSPS) is 10.8. The van der Waals surface area contributed by atoms with Crippen LogP contribution < -0.4 is 10.2 Å². The monoisotopic (exact) mass is 325 g/mol. The summed E-state index contributed by atoms with van der Waals surface area (Å²) in [6, 6.07) is 14.9. The van der Waals surface area contributed by atoms with E-state index in [1.54, 1.807) is 25.3 Å². The molecule has 0 fully saturated rings. The number of phenolic OH excluding ortho intramolecular Hbond substituents is 1. The quantitative estimate of drug-likeness (QED) is 0.550. The number of hydrogen-bond donors (Lipinski definition) is 2. The minimum Gasteiger partial charge on any atom is -0.507 e. The second-order valence-electron chi connectivity index (χ2n) is 4.70. The van der Waals surface area contributed by atoms with Gasteiger partial charge in [0.25, 0.3) is 0 Å². The molecule has 2 aromatic carbocycles. The average molecular weight is 325 g/mol. The van der Waals surface area contributed by atoms with Crippen LogP contribution in [0.4, 0.5) is 5.13 Å². The number of hydrazone groups is 1. The van der Waals surface area contributed by atoms with Crippen molar-refractivity contribution in [2.75, 3.05) is 12.5 Å². The molecule has 0 radical (unpaired) electrons. The van der Waals surface area contributed by atoms with Crippen molar-refractivity contribution in [2.24, 2.45) is 5.10 Å². The molecule has 0 spiro atoms. The predicted molar refractivity (Wildman–Crippen MR) is 93.4 cm³/mol. The number of phenols is 1. The topological polar surface area (TPSA) is 66.7 Å². The lowest BCUT2D eigenvalue weighted by Crippen LogP contribution is -1.92. The Hall–Kier alpha value is -2.86. The highest BCUT2D eigenvalue weighted by atomic mass is 32.1. The number of nitrogens with one attached hydrogen (secondary N) is 1. The van der Waals surface area contributed by atoms with Crippen LogP contribution in [0.5, 0.6) is 11.5 Å². The minimum absolute atomic E-state index is 0.139. The van der Waals surface area contributed by atoms with Crippen molar-refractivity contribution >= 4 is 22.7 Å². The fourth-order valence-corrected chi connectivity index (χ4v) is 2.66. The molecule has 5 nitrogen and oxygen atoms in total. The molecule has 3 rings (SSSR count). The highest BCUT2D eigenvalue weighted by molar-refractivity contribution is 7.14. The molecule has 23 heavy (non-hydrogen) atoms. The predicted octanol–water partition coefficient (Wildman–Crippen LogP) is 3.97. The number of hydrogen-bond acceptors (Lipinski definition) is 6. The first-order valence-corrected chi connectivity index (χ1v) is 7.81. The Morgan fingerprint density at radius 1 is 1.22 bits per heavy atom. The number of thiazole rings is 1. The maximum absolute atomic E-state index is 9.79. The summed E-state index contributed by atoms with van der Waals surface area (Å²) in [6.07, 6.45) is 1.53. The van der Waals surface area contributed by atoms with Crippen molar-refractivity contribution < 1.29 is 9.84 Å². The first-order valence-electron chi connectivity index (χ1n) is 6.93. The molecule has 0 aliphatic heterocycles. The fourth-order valence-electron chi connectivity index (χ4n) is 1.99. The van der Waals surface area contributed by atoms with Gasteiger partial charge in [-0.1, -0.05) is 30.3 Å². The van der Waals surface area contributed by atoms with E-state index >= 15 is 0 Å². The molecule has 0 aliphatic carbocycles. The zero-order chi connectivity index (χ0) is 16.1. The van der Waals surface area contributed by atoms with E-state index in [2.05, 4.69) is 15.5 Å². The average Bonchev–Trinajstić information content (AvgIpc) is 3.06. The highest BCUT2D eigenvalue weighted by Crippen LogP contribution is 2.25. The largest absolute Gasteiger partial charge is 0.507 e. The molecule has 116 valence electrons. The molecule has 0 aliphatic rings. The minimum atomic E-state index is 0.139. The standard InChI is InChI=1S/C17H15N3O2S/c1-22-14-7-8-16(21)13(9-14)10-18-20-17-19-15(11-23-17)12-5-3-2-4-6-12/h2-11,21H,1H3,(H,19,20). The van der Waals surface area contributed by atoms with E-state index in [0.29, 0.717) is 16.4 Å². The van der Waals surface area contributed by atoms with Crippen molar-refractivity contribution in [1.82, 2.24) is 4.98 Å². The first kappa shape index (κ1) is 15.1. The summed E-state index contributed by atoms with van der Waals surface area (Å²) in [4.78, 5) is 4.47. The third kappa shape index (κ3) is 3.67. The molecular weight excluding hydrogens is 310 g/mol. The van der Waals surface area contributed by atoms with Gasteiger partial charge in [0, 0.05) is 16.5 Å². The zero-order valence-corrected chi connectivity index (χ0v) is 13.2. The summed E-state index contributed by atoms with van der Waals surface area (Å²) in [7, 11) is 1.58. The maximum Gasteiger partial charge on any atom is 0.203 e. The Labute approximate surface area is 137 Å². The smallest absolute Gasteiger partial charge is 0.203 e. The summed E-state index contributed by atoms with van der Waals surface area (Å²) < 4.78 is 5.12. The van der Waals surface area contributed by atoms with E-state index in [1.165, 1.54) is 17.6 Å². The van der Waals surface area contributed by atoms with Gasteiger partial charge in [-0.25, -0.2) is 4.98 Å². The van der Waals surface area contributed by atoms with Crippen molar-refractivity contribution in [3.8, 4) is 22.8 Å². The molecule has 0 atom stereocenters. The molecule has 0 bridgehead atoms. The number of methoxy groups -OCH3 is 1. The van der Waals surface area contributed by atoms with Crippen LogP contribution in [-0.2, 0) is 0 Å². The van der Waals surface area contributed by atoms with E-state index in [1.807, 2.05) is 35.7 Å². The number of anilines is 1. The number of aromatic hydroxyl groups is 1. The van der Waals surface area contributed by atoms with Gasteiger partial charge in [-0.15, -0.1) is 11.3 Å². The summed E-state index contributed by atoms with van der Waals surface area (Å²) in [5.41, 5.74) is 5.40. The summed E-state index contributed by atoms with van der Waals surface area (Å²) in [5.74, 6) is 0.797. The number of aromatic nitrogens is 1. The fraction of sp³-hybridized carbons (Fsp3) is 0.0588.